The first kappa shape index (κ1) is 13.7. The van der Waals surface area contributed by atoms with E-state index >= 15 is 0 Å². The quantitative estimate of drug-likeness (QED) is 0.681. The molecule has 110 valence electrons. The lowest BCUT2D eigenvalue weighted by atomic mass is 10.1. The third kappa shape index (κ3) is 2.39. The van der Waals surface area contributed by atoms with Crippen molar-refractivity contribution in [1.82, 2.24) is 15.0 Å². The molecule has 0 saturated heterocycles. The van der Waals surface area contributed by atoms with Gasteiger partial charge in [0.05, 0.1) is 5.56 Å². The van der Waals surface area contributed by atoms with Crippen LogP contribution in [0.1, 0.15) is 10.4 Å². The molecule has 0 aromatic carbocycles. The number of H-pyrrole nitrogens is 1. The summed E-state index contributed by atoms with van der Waals surface area (Å²) in [5.41, 5.74) is 0.296. The Labute approximate surface area is 125 Å². The van der Waals surface area contributed by atoms with Crippen molar-refractivity contribution in [3.05, 3.63) is 58.9 Å². The highest BCUT2D eigenvalue weighted by Gasteiger charge is 2.14. The van der Waals surface area contributed by atoms with E-state index in [0.29, 0.717) is 16.8 Å². The van der Waals surface area contributed by atoms with Gasteiger partial charge in [0.1, 0.15) is 11.5 Å². The number of nitrogens with zero attached hydrogens (tertiary/aromatic N) is 2. The molecule has 0 atom stereocenters. The van der Waals surface area contributed by atoms with Crippen molar-refractivity contribution >= 4 is 28.2 Å². The molecule has 0 unspecified atom stereocenters. The number of amides is 1. The third-order valence-corrected chi connectivity index (χ3v) is 3.24. The van der Waals surface area contributed by atoms with E-state index in [1.165, 1.54) is 24.7 Å². The monoisotopic (exact) mass is 295 g/mol. The van der Waals surface area contributed by atoms with Crippen LogP contribution in [-0.4, -0.2) is 27.9 Å². The Morgan fingerprint density at radius 3 is 2.86 bits per heavy atom. The van der Waals surface area contributed by atoms with Gasteiger partial charge in [-0.05, 0) is 6.07 Å². The molecular weight excluding hydrogens is 282 g/mol. The second-order valence-corrected chi connectivity index (χ2v) is 4.57. The van der Waals surface area contributed by atoms with Gasteiger partial charge >= 0.3 is 0 Å². The van der Waals surface area contributed by atoms with Gasteiger partial charge in [0.2, 0.25) is 5.43 Å². The molecule has 0 bridgehead atoms. The number of pyridine rings is 3. The fraction of sp³-hybridized carbons (Fsp3) is 0.0667. The molecule has 0 aliphatic rings. The van der Waals surface area contributed by atoms with Gasteiger partial charge in [-0.25, -0.2) is 4.98 Å². The van der Waals surface area contributed by atoms with E-state index in [1.54, 1.807) is 25.5 Å². The molecular formula is C15H13N5O2. The number of hydrogen-bond donors (Lipinski definition) is 3. The molecule has 0 radical (unpaired) electrons. The van der Waals surface area contributed by atoms with Gasteiger partial charge in [-0.3, -0.25) is 14.6 Å². The maximum absolute atomic E-state index is 12.4. The number of rotatable bonds is 3. The predicted octanol–water partition coefficient (Wildman–Crippen LogP) is 1.61. The highest BCUT2D eigenvalue weighted by molar-refractivity contribution is 6.14. The third-order valence-electron chi connectivity index (χ3n) is 3.24. The molecule has 0 fully saturated rings. The maximum Gasteiger partial charge on any atom is 0.258 e. The number of carbonyl (C=O) groups excluding carboxylic acids is 1. The number of aromatic nitrogens is 3. The van der Waals surface area contributed by atoms with E-state index in [-0.39, 0.29) is 11.1 Å². The summed E-state index contributed by atoms with van der Waals surface area (Å²) < 4.78 is 0. The average Bonchev–Trinajstić information content (AvgIpc) is 2.56. The molecule has 7 heteroatoms. The lowest BCUT2D eigenvalue weighted by molar-refractivity contribution is 0.102. The summed E-state index contributed by atoms with van der Waals surface area (Å²) in [6, 6.07) is 3.09. The molecule has 22 heavy (non-hydrogen) atoms. The molecule has 7 nitrogen and oxygen atoms in total. The van der Waals surface area contributed by atoms with E-state index in [1.807, 2.05) is 0 Å². The van der Waals surface area contributed by atoms with Gasteiger partial charge in [-0.2, -0.15) is 0 Å². The van der Waals surface area contributed by atoms with Crippen LogP contribution in [0.4, 0.5) is 11.5 Å². The topological polar surface area (TPSA) is 99.8 Å². The van der Waals surface area contributed by atoms with Crippen LogP contribution in [0.2, 0.25) is 0 Å². The minimum atomic E-state index is -0.400. The van der Waals surface area contributed by atoms with Crippen LogP contribution < -0.4 is 16.1 Å². The molecule has 3 aromatic rings. The maximum atomic E-state index is 12.4. The number of nitrogens with one attached hydrogen (secondary N) is 3. The number of fused-ring (bicyclic) bond motifs is 1. The number of hydrogen-bond acceptors (Lipinski definition) is 5. The molecule has 1 amide bonds. The Morgan fingerprint density at radius 1 is 1.23 bits per heavy atom. The average molecular weight is 295 g/mol. The fourth-order valence-corrected chi connectivity index (χ4v) is 2.17. The van der Waals surface area contributed by atoms with Gasteiger partial charge in [-0.1, -0.05) is 0 Å². The Morgan fingerprint density at radius 2 is 2.09 bits per heavy atom. The van der Waals surface area contributed by atoms with E-state index < -0.39 is 5.91 Å². The van der Waals surface area contributed by atoms with Crippen LogP contribution >= 0.6 is 0 Å². The number of aromatic amines is 1. The Balaban J connectivity index is 2.05. The number of carbonyl (C=O) groups is 1. The summed E-state index contributed by atoms with van der Waals surface area (Å²) in [4.78, 5) is 35.1. The van der Waals surface area contributed by atoms with Crippen molar-refractivity contribution in [1.29, 1.82) is 0 Å². The van der Waals surface area contributed by atoms with Crippen molar-refractivity contribution < 1.29 is 4.79 Å². The minimum absolute atomic E-state index is 0.187. The van der Waals surface area contributed by atoms with E-state index in [2.05, 4.69) is 25.6 Å². The standard InChI is InChI=1S/C15H13N5O2/c1-16-14-10-6-17-4-2-9(10)11(7-19-14)15(22)20-12-8-18-5-3-13(12)21/h2-8H,1H3,(H,16,19)(H,18,21)(H,20,22). The number of anilines is 2. The van der Waals surface area contributed by atoms with Crippen LogP contribution in [0.15, 0.2) is 47.9 Å². The Hall–Kier alpha value is -3.22. The molecule has 3 rings (SSSR count). The minimum Gasteiger partial charge on any atom is -0.373 e. The van der Waals surface area contributed by atoms with Crippen LogP contribution in [0.25, 0.3) is 10.8 Å². The normalized spacial score (nSPS) is 10.4. The fourth-order valence-electron chi connectivity index (χ4n) is 2.17. The highest BCUT2D eigenvalue weighted by Crippen LogP contribution is 2.23. The second kappa shape index (κ2) is 5.65. The lowest BCUT2D eigenvalue weighted by Crippen LogP contribution is -2.18. The summed E-state index contributed by atoms with van der Waals surface area (Å²) in [6.45, 7) is 0. The highest BCUT2D eigenvalue weighted by atomic mass is 16.2. The van der Waals surface area contributed by atoms with Crippen molar-refractivity contribution in [3.63, 3.8) is 0 Å². The predicted molar refractivity (Wildman–Crippen MR) is 84.1 cm³/mol. The Bertz CT molecular complexity index is 904. The SMILES string of the molecule is CNc1ncc(C(=O)Nc2c[nH]ccc2=O)c2ccncc12. The molecule has 3 N–H and O–H groups in total. The van der Waals surface area contributed by atoms with Crippen LogP contribution in [0.3, 0.4) is 0 Å². The zero-order chi connectivity index (χ0) is 15.5. The lowest BCUT2D eigenvalue weighted by Gasteiger charge is -2.09. The summed E-state index contributed by atoms with van der Waals surface area (Å²) in [5.74, 6) is 0.236. The molecule has 0 saturated carbocycles. The zero-order valence-electron chi connectivity index (χ0n) is 11.8. The van der Waals surface area contributed by atoms with Gasteiger partial charge in [0.15, 0.2) is 0 Å². The van der Waals surface area contributed by atoms with Crippen LogP contribution in [-0.2, 0) is 0 Å². The van der Waals surface area contributed by atoms with Crippen LogP contribution in [0.5, 0.6) is 0 Å². The summed E-state index contributed by atoms with van der Waals surface area (Å²) in [6.07, 6.45) is 7.66. The molecule has 3 aromatic heterocycles. The van der Waals surface area contributed by atoms with E-state index in [9.17, 15) is 9.59 Å². The summed E-state index contributed by atoms with van der Waals surface area (Å²) >= 11 is 0. The Kier molecular flexibility index (Phi) is 3.53. The molecule has 0 spiro atoms. The van der Waals surface area contributed by atoms with Crippen LogP contribution in [0, 0.1) is 0 Å². The van der Waals surface area contributed by atoms with Crippen molar-refractivity contribution in [3.8, 4) is 0 Å². The zero-order valence-corrected chi connectivity index (χ0v) is 11.8. The smallest absolute Gasteiger partial charge is 0.258 e. The van der Waals surface area contributed by atoms with E-state index in [0.717, 1.165) is 5.39 Å². The van der Waals surface area contributed by atoms with Gasteiger partial charge < -0.3 is 15.6 Å². The van der Waals surface area contributed by atoms with Gasteiger partial charge in [0, 0.05) is 54.9 Å². The van der Waals surface area contributed by atoms with Gasteiger partial charge in [-0.15, -0.1) is 0 Å². The molecule has 0 aliphatic heterocycles. The largest absolute Gasteiger partial charge is 0.373 e. The van der Waals surface area contributed by atoms with Crippen molar-refractivity contribution in [2.75, 3.05) is 17.7 Å². The van der Waals surface area contributed by atoms with E-state index in [4.69, 9.17) is 0 Å². The first-order chi connectivity index (χ1) is 10.7. The first-order valence-electron chi connectivity index (χ1n) is 6.59. The molecule has 0 aliphatic carbocycles. The summed E-state index contributed by atoms with van der Waals surface area (Å²) in [5, 5.41) is 6.99. The van der Waals surface area contributed by atoms with Crippen molar-refractivity contribution in [2.45, 2.75) is 0 Å². The summed E-state index contributed by atoms with van der Waals surface area (Å²) in [7, 11) is 1.75. The molecule has 3 heterocycles. The second-order valence-electron chi connectivity index (χ2n) is 4.57. The first-order valence-corrected chi connectivity index (χ1v) is 6.59. The van der Waals surface area contributed by atoms with Gasteiger partial charge in [0.25, 0.3) is 5.91 Å². The van der Waals surface area contributed by atoms with Crippen molar-refractivity contribution in [2.24, 2.45) is 0 Å².